The van der Waals surface area contributed by atoms with Gasteiger partial charge in [0.15, 0.2) is 0 Å². The van der Waals surface area contributed by atoms with Gasteiger partial charge >= 0.3 is 11.4 Å². The van der Waals surface area contributed by atoms with E-state index in [9.17, 15) is 29.0 Å². The van der Waals surface area contributed by atoms with E-state index in [1.165, 1.54) is 18.6 Å². The van der Waals surface area contributed by atoms with Gasteiger partial charge in [-0.3, -0.25) is 20.2 Å². The van der Waals surface area contributed by atoms with Crippen LogP contribution in [0.3, 0.4) is 0 Å². The maximum Gasteiger partial charge on any atom is 0.305 e. The number of benzene rings is 2. The van der Waals surface area contributed by atoms with Crippen molar-refractivity contribution in [2.24, 2.45) is 0 Å². The number of nitro groups is 2. The standard InChI is InChI=1S/C13H7F2N2O4/c14-10-3-1-8(6-12(10)16(18)19)5-9-2-4-11(15)13(7-9)17(20)21/h1-7H. The van der Waals surface area contributed by atoms with Gasteiger partial charge in [-0.1, -0.05) is 12.1 Å². The summed E-state index contributed by atoms with van der Waals surface area (Å²) in [5.74, 6) is -1.97. The Morgan fingerprint density at radius 3 is 1.52 bits per heavy atom. The van der Waals surface area contributed by atoms with E-state index in [2.05, 4.69) is 0 Å². The normalized spacial score (nSPS) is 10.4. The fourth-order valence-corrected chi connectivity index (χ4v) is 1.71. The molecule has 8 heteroatoms. The lowest BCUT2D eigenvalue weighted by Crippen LogP contribution is -1.96. The molecule has 1 radical (unpaired) electrons. The summed E-state index contributed by atoms with van der Waals surface area (Å²) in [6, 6.07) is 6.37. The second-order valence-corrected chi connectivity index (χ2v) is 4.08. The molecular weight excluding hydrogens is 286 g/mol. The van der Waals surface area contributed by atoms with Crippen molar-refractivity contribution in [1.29, 1.82) is 0 Å². The Hall–Kier alpha value is -2.90. The zero-order chi connectivity index (χ0) is 15.6. The van der Waals surface area contributed by atoms with Gasteiger partial charge in [-0.25, -0.2) is 0 Å². The second-order valence-electron chi connectivity index (χ2n) is 4.08. The molecule has 0 saturated heterocycles. The molecule has 0 atom stereocenters. The molecule has 21 heavy (non-hydrogen) atoms. The number of nitro benzene ring substituents is 2. The summed E-state index contributed by atoms with van der Waals surface area (Å²) in [5.41, 5.74) is -0.881. The zero-order valence-electron chi connectivity index (χ0n) is 10.3. The van der Waals surface area contributed by atoms with Gasteiger partial charge in [0.25, 0.3) is 0 Å². The van der Waals surface area contributed by atoms with Gasteiger partial charge in [0, 0.05) is 18.6 Å². The van der Waals surface area contributed by atoms with E-state index in [1.54, 1.807) is 0 Å². The van der Waals surface area contributed by atoms with Crippen LogP contribution in [0.2, 0.25) is 0 Å². The van der Waals surface area contributed by atoms with Crippen LogP contribution in [-0.4, -0.2) is 9.85 Å². The minimum absolute atomic E-state index is 0.268. The number of hydrogen-bond donors (Lipinski definition) is 0. The highest BCUT2D eigenvalue weighted by atomic mass is 19.1. The van der Waals surface area contributed by atoms with Crippen LogP contribution < -0.4 is 0 Å². The molecule has 2 aromatic rings. The molecule has 0 aliphatic rings. The highest BCUT2D eigenvalue weighted by molar-refractivity contribution is 5.47. The van der Waals surface area contributed by atoms with E-state index in [-0.39, 0.29) is 11.1 Å². The van der Waals surface area contributed by atoms with E-state index in [0.29, 0.717) is 0 Å². The summed E-state index contributed by atoms with van der Waals surface area (Å²) in [6.07, 6.45) is 1.35. The first kappa shape index (κ1) is 14.5. The number of hydrogen-bond acceptors (Lipinski definition) is 4. The first-order valence-electron chi connectivity index (χ1n) is 5.61. The Morgan fingerprint density at radius 1 is 0.810 bits per heavy atom. The predicted molar refractivity (Wildman–Crippen MR) is 68.6 cm³/mol. The van der Waals surface area contributed by atoms with Crippen LogP contribution in [0.1, 0.15) is 11.1 Å². The monoisotopic (exact) mass is 293 g/mol. The molecule has 0 bridgehead atoms. The lowest BCUT2D eigenvalue weighted by atomic mass is 10.0. The quantitative estimate of drug-likeness (QED) is 0.638. The first-order valence-corrected chi connectivity index (χ1v) is 5.61. The van der Waals surface area contributed by atoms with Crippen molar-refractivity contribution in [1.82, 2.24) is 0 Å². The number of rotatable bonds is 4. The third kappa shape index (κ3) is 3.16. The topological polar surface area (TPSA) is 86.3 Å². The molecule has 0 N–H and O–H groups in total. The molecule has 2 aromatic carbocycles. The van der Waals surface area contributed by atoms with Crippen LogP contribution >= 0.6 is 0 Å². The molecular formula is C13H7F2N2O4. The molecule has 0 aromatic heterocycles. The second kappa shape index (κ2) is 5.61. The average Bonchev–Trinajstić information content (AvgIpc) is 2.42. The van der Waals surface area contributed by atoms with Gasteiger partial charge in [0.2, 0.25) is 11.6 Å². The Bertz CT molecular complexity index is 673. The first-order chi connectivity index (χ1) is 9.88. The third-order valence-electron chi connectivity index (χ3n) is 2.67. The highest BCUT2D eigenvalue weighted by Gasteiger charge is 2.17. The van der Waals surface area contributed by atoms with Crippen molar-refractivity contribution in [3.63, 3.8) is 0 Å². The summed E-state index contributed by atoms with van der Waals surface area (Å²) in [7, 11) is 0. The fourth-order valence-electron chi connectivity index (χ4n) is 1.71. The van der Waals surface area contributed by atoms with Gasteiger partial charge in [-0.05, 0) is 23.3 Å². The van der Waals surface area contributed by atoms with Gasteiger partial charge in [0.05, 0.1) is 9.85 Å². The molecule has 0 aliphatic heterocycles. The third-order valence-corrected chi connectivity index (χ3v) is 2.67. The number of halogens is 2. The van der Waals surface area contributed by atoms with Gasteiger partial charge in [0.1, 0.15) is 0 Å². The maximum absolute atomic E-state index is 13.2. The van der Waals surface area contributed by atoms with E-state index < -0.39 is 32.9 Å². The lowest BCUT2D eigenvalue weighted by Gasteiger charge is -2.03. The Morgan fingerprint density at radius 2 is 1.19 bits per heavy atom. The molecule has 0 fully saturated rings. The molecule has 0 amide bonds. The minimum Gasteiger partial charge on any atom is -0.258 e. The maximum atomic E-state index is 13.2. The fraction of sp³-hybridized carbons (Fsp3) is 0. The van der Waals surface area contributed by atoms with Crippen LogP contribution in [0.4, 0.5) is 20.2 Å². The Labute approximate surface area is 116 Å². The summed E-state index contributed by atoms with van der Waals surface area (Å²) >= 11 is 0. The molecule has 6 nitrogen and oxygen atoms in total. The molecule has 0 unspecified atom stereocenters. The molecule has 2 rings (SSSR count). The summed E-state index contributed by atoms with van der Waals surface area (Å²) in [5, 5.41) is 21.3. The summed E-state index contributed by atoms with van der Waals surface area (Å²) < 4.78 is 26.4. The Balaban J connectivity index is 2.34. The lowest BCUT2D eigenvalue weighted by molar-refractivity contribution is -0.387. The summed E-state index contributed by atoms with van der Waals surface area (Å²) in [6.45, 7) is 0. The molecule has 107 valence electrons. The summed E-state index contributed by atoms with van der Waals surface area (Å²) in [4.78, 5) is 19.5. The smallest absolute Gasteiger partial charge is 0.258 e. The number of nitrogens with zero attached hydrogens (tertiary/aromatic N) is 2. The highest BCUT2D eigenvalue weighted by Crippen LogP contribution is 2.24. The van der Waals surface area contributed by atoms with E-state index in [4.69, 9.17) is 0 Å². The van der Waals surface area contributed by atoms with Crippen molar-refractivity contribution in [3.05, 3.63) is 85.8 Å². The largest absolute Gasteiger partial charge is 0.305 e. The SMILES string of the molecule is O=[N+]([O-])c1cc([CH]c2ccc(F)c([N+](=O)[O-])c2)ccc1F. The van der Waals surface area contributed by atoms with Crippen molar-refractivity contribution in [2.75, 3.05) is 0 Å². The Kier molecular flexibility index (Phi) is 3.88. The van der Waals surface area contributed by atoms with Crippen molar-refractivity contribution in [2.45, 2.75) is 0 Å². The van der Waals surface area contributed by atoms with Gasteiger partial charge < -0.3 is 0 Å². The van der Waals surface area contributed by atoms with Crippen LogP contribution in [0.5, 0.6) is 0 Å². The van der Waals surface area contributed by atoms with Crippen molar-refractivity contribution >= 4 is 11.4 Å². The molecule has 0 heterocycles. The van der Waals surface area contributed by atoms with Crippen molar-refractivity contribution in [3.8, 4) is 0 Å². The average molecular weight is 293 g/mol. The van der Waals surface area contributed by atoms with Gasteiger partial charge in [-0.15, -0.1) is 0 Å². The van der Waals surface area contributed by atoms with Crippen LogP contribution in [0, 0.1) is 38.3 Å². The molecule has 0 aliphatic carbocycles. The van der Waals surface area contributed by atoms with Gasteiger partial charge in [-0.2, -0.15) is 8.78 Å². The van der Waals surface area contributed by atoms with Crippen LogP contribution in [0.15, 0.2) is 36.4 Å². The van der Waals surface area contributed by atoms with E-state index >= 15 is 0 Å². The minimum atomic E-state index is -0.984. The van der Waals surface area contributed by atoms with E-state index in [0.717, 1.165) is 24.3 Å². The van der Waals surface area contributed by atoms with Crippen LogP contribution in [-0.2, 0) is 0 Å². The van der Waals surface area contributed by atoms with Crippen LogP contribution in [0.25, 0.3) is 0 Å². The zero-order valence-corrected chi connectivity index (χ0v) is 10.3. The molecule has 0 saturated carbocycles. The molecule has 0 spiro atoms. The van der Waals surface area contributed by atoms with E-state index in [1.807, 2.05) is 0 Å². The predicted octanol–water partition coefficient (Wildman–Crippen LogP) is 3.38. The van der Waals surface area contributed by atoms with Crippen molar-refractivity contribution < 1.29 is 18.6 Å².